The predicted molar refractivity (Wildman–Crippen MR) is 83.9 cm³/mol. The van der Waals surface area contributed by atoms with Crippen LogP contribution in [0, 0.1) is 0 Å². The minimum Gasteiger partial charge on any atom is -0.490 e. The molecule has 1 aromatic heterocycles. The number of rotatable bonds is 3. The summed E-state index contributed by atoms with van der Waals surface area (Å²) in [6.07, 6.45) is 7.42. The fourth-order valence-electron chi connectivity index (χ4n) is 2.07. The molecule has 2 heterocycles. The van der Waals surface area contributed by atoms with Crippen molar-refractivity contribution in [1.82, 2.24) is 4.98 Å². The molecule has 0 fully saturated rings. The molecule has 0 atom stereocenters. The van der Waals surface area contributed by atoms with E-state index in [2.05, 4.69) is 10.3 Å². The van der Waals surface area contributed by atoms with Crippen LogP contribution in [-0.2, 0) is 4.79 Å². The Hall–Kier alpha value is -2.82. The van der Waals surface area contributed by atoms with E-state index in [9.17, 15) is 4.79 Å². The molecule has 1 aliphatic rings. The van der Waals surface area contributed by atoms with E-state index in [0.29, 0.717) is 30.4 Å². The largest absolute Gasteiger partial charge is 0.490 e. The van der Waals surface area contributed by atoms with Crippen LogP contribution in [0.2, 0.25) is 0 Å². The molecule has 0 unspecified atom stereocenters. The zero-order chi connectivity index (χ0) is 15.2. The van der Waals surface area contributed by atoms with Gasteiger partial charge in [-0.05, 0) is 29.8 Å². The molecule has 0 radical (unpaired) electrons. The molecule has 0 bridgehead atoms. The van der Waals surface area contributed by atoms with Crippen LogP contribution < -0.4 is 14.8 Å². The Morgan fingerprint density at radius 2 is 2.05 bits per heavy atom. The molecule has 22 heavy (non-hydrogen) atoms. The van der Waals surface area contributed by atoms with Crippen molar-refractivity contribution >= 4 is 17.7 Å². The summed E-state index contributed by atoms with van der Waals surface area (Å²) in [5.41, 5.74) is 1.54. The fraction of sp³-hybridized carbons (Fsp3) is 0.176. The lowest BCUT2D eigenvalue weighted by Gasteiger charge is -2.09. The molecule has 0 spiro atoms. The molecule has 1 amide bonds. The highest BCUT2D eigenvalue weighted by Crippen LogP contribution is 2.32. The van der Waals surface area contributed by atoms with E-state index in [1.165, 1.54) is 6.08 Å². The number of nitrogens with one attached hydrogen (secondary N) is 1. The van der Waals surface area contributed by atoms with Crippen LogP contribution in [0.4, 0.5) is 5.69 Å². The molecular formula is C17H16N2O3. The molecule has 112 valence electrons. The van der Waals surface area contributed by atoms with Crippen LogP contribution in [0.15, 0.2) is 48.8 Å². The lowest BCUT2D eigenvalue weighted by atomic mass is 10.2. The number of carbonyl (C=O) groups excluding carboxylic acids is 1. The molecule has 1 aromatic carbocycles. The van der Waals surface area contributed by atoms with Crippen LogP contribution in [0.1, 0.15) is 12.0 Å². The van der Waals surface area contributed by atoms with E-state index in [-0.39, 0.29) is 5.91 Å². The van der Waals surface area contributed by atoms with E-state index in [0.717, 1.165) is 12.0 Å². The summed E-state index contributed by atoms with van der Waals surface area (Å²) >= 11 is 0. The average molecular weight is 296 g/mol. The van der Waals surface area contributed by atoms with Gasteiger partial charge >= 0.3 is 0 Å². The summed E-state index contributed by atoms with van der Waals surface area (Å²) < 4.78 is 11.2. The van der Waals surface area contributed by atoms with Crippen molar-refractivity contribution in [2.45, 2.75) is 6.42 Å². The smallest absolute Gasteiger partial charge is 0.248 e. The van der Waals surface area contributed by atoms with E-state index < -0.39 is 0 Å². The first kappa shape index (κ1) is 14.1. The third-order valence-electron chi connectivity index (χ3n) is 3.13. The number of fused-ring (bicyclic) bond motifs is 1. The van der Waals surface area contributed by atoms with Crippen LogP contribution in [0.3, 0.4) is 0 Å². The normalized spacial score (nSPS) is 13.6. The lowest BCUT2D eigenvalue weighted by molar-refractivity contribution is -0.111. The molecule has 1 N–H and O–H groups in total. The molecule has 2 aromatic rings. The first-order chi connectivity index (χ1) is 10.8. The predicted octanol–water partition coefficient (Wildman–Crippen LogP) is 2.89. The molecule has 3 rings (SSSR count). The maximum Gasteiger partial charge on any atom is 0.248 e. The van der Waals surface area contributed by atoms with Gasteiger partial charge in [0.15, 0.2) is 11.5 Å². The van der Waals surface area contributed by atoms with Crippen molar-refractivity contribution in [3.05, 3.63) is 54.4 Å². The summed E-state index contributed by atoms with van der Waals surface area (Å²) in [4.78, 5) is 15.9. The van der Waals surface area contributed by atoms with Crippen LogP contribution in [-0.4, -0.2) is 24.1 Å². The second-order valence-corrected chi connectivity index (χ2v) is 4.82. The van der Waals surface area contributed by atoms with Crippen molar-refractivity contribution in [2.24, 2.45) is 0 Å². The van der Waals surface area contributed by atoms with E-state index >= 15 is 0 Å². The maximum atomic E-state index is 11.9. The minimum absolute atomic E-state index is 0.210. The first-order valence-electron chi connectivity index (χ1n) is 7.10. The zero-order valence-electron chi connectivity index (χ0n) is 12.0. The van der Waals surface area contributed by atoms with Gasteiger partial charge in [-0.3, -0.25) is 9.78 Å². The van der Waals surface area contributed by atoms with Crippen LogP contribution in [0.5, 0.6) is 11.5 Å². The Bertz CT molecular complexity index is 684. The zero-order valence-corrected chi connectivity index (χ0v) is 12.0. The number of ether oxygens (including phenoxy) is 2. The van der Waals surface area contributed by atoms with E-state index in [1.54, 1.807) is 36.7 Å². The summed E-state index contributed by atoms with van der Waals surface area (Å²) in [5, 5.41) is 2.80. The van der Waals surface area contributed by atoms with Crippen molar-refractivity contribution in [3.63, 3.8) is 0 Å². The maximum absolute atomic E-state index is 11.9. The van der Waals surface area contributed by atoms with Crippen molar-refractivity contribution in [3.8, 4) is 11.5 Å². The van der Waals surface area contributed by atoms with Crippen molar-refractivity contribution < 1.29 is 14.3 Å². The van der Waals surface area contributed by atoms with E-state index in [4.69, 9.17) is 9.47 Å². The summed E-state index contributed by atoms with van der Waals surface area (Å²) in [5.74, 6) is 1.16. The molecule has 0 aliphatic carbocycles. The van der Waals surface area contributed by atoms with Crippen LogP contribution in [0.25, 0.3) is 6.08 Å². The van der Waals surface area contributed by atoms with Gasteiger partial charge in [0.05, 0.1) is 13.2 Å². The molecule has 5 nitrogen and oxygen atoms in total. The highest BCUT2D eigenvalue weighted by molar-refractivity contribution is 6.02. The van der Waals surface area contributed by atoms with Crippen LogP contribution >= 0.6 is 0 Å². The second-order valence-electron chi connectivity index (χ2n) is 4.82. The molecule has 5 heteroatoms. The van der Waals surface area contributed by atoms with Gasteiger partial charge in [-0.2, -0.15) is 0 Å². The third-order valence-corrected chi connectivity index (χ3v) is 3.13. The number of hydrogen-bond donors (Lipinski definition) is 1. The van der Waals surface area contributed by atoms with Gasteiger partial charge in [0.25, 0.3) is 0 Å². The van der Waals surface area contributed by atoms with Gasteiger partial charge in [0.2, 0.25) is 5.91 Å². The molecule has 1 aliphatic heterocycles. The SMILES string of the molecule is O=C(/C=C/c1cccnc1)Nc1ccc2c(c1)OCCCO2. The van der Waals surface area contributed by atoms with Gasteiger partial charge in [0.1, 0.15) is 0 Å². The number of nitrogens with zero attached hydrogens (tertiary/aromatic N) is 1. The fourth-order valence-corrected chi connectivity index (χ4v) is 2.07. The number of benzene rings is 1. The quantitative estimate of drug-likeness (QED) is 0.885. The Balaban J connectivity index is 1.66. The molecule has 0 saturated heterocycles. The Kier molecular flexibility index (Phi) is 4.34. The highest BCUT2D eigenvalue weighted by Gasteiger charge is 2.11. The van der Waals surface area contributed by atoms with Gasteiger partial charge < -0.3 is 14.8 Å². The van der Waals surface area contributed by atoms with Gasteiger partial charge in [-0.15, -0.1) is 0 Å². The lowest BCUT2D eigenvalue weighted by Crippen LogP contribution is -2.08. The highest BCUT2D eigenvalue weighted by atomic mass is 16.5. The number of carbonyl (C=O) groups is 1. The topological polar surface area (TPSA) is 60.5 Å². The molecular weight excluding hydrogens is 280 g/mol. The molecule has 0 saturated carbocycles. The first-order valence-corrected chi connectivity index (χ1v) is 7.10. The number of amides is 1. The van der Waals surface area contributed by atoms with Gasteiger partial charge in [0, 0.05) is 36.6 Å². The Morgan fingerprint density at radius 3 is 2.86 bits per heavy atom. The summed E-state index contributed by atoms with van der Waals surface area (Å²) in [6, 6.07) is 9.08. The number of aromatic nitrogens is 1. The second kappa shape index (κ2) is 6.76. The van der Waals surface area contributed by atoms with E-state index in [1.807, 2.05) is 12.1 Å². The van der Waals surface area contributed by atoms with Gasteiger partial charge in [-0.1, -0.05) is 6.07 Å². The monoisotopic (exact) mass is 296 g/mol. The Morgan fingerprint density at radius 1 is 1.18 bits per heavy atom. The third kappa shape index (κ3) is 3.63. The number of hydrogen-bond acceptors (Lipinski definition) is 4. The standard InChI is InChI=1S/C17H16N2O3/c20-17(7-4-13-3-1-8-18-12-13)19-14-5-6-15-16(11-14)22-10-2-9-21-15/h1,3-8,11-12H,2,9-10H2,(H,19,20)/b7-4+. The summed E-state index contributed by atoms with van der Waals surface area (Å²) in [6.45, 7) is 1.26. The Labute approximate surface area is 128 Å². The minimum atomic E-state index is -0.210. The van der Waals surface area contributed by atoms with Crippen molar-refractivity contribution in [2.75, 3.05) is 18.5 Å². The summed E-state index contributed by atoms with van der Waals surface area (Å²) in [7, 11) is 0. The van der Waals surface area contributed by atoms with Gasteiger partial charge in [-0.25, -0.2) is 0 Å². The number of anilines is 1. The van der Waals surface area contributed by atoms with Crippen molar-refractivity contribution in [1.29, 1.82) is 0 Å². The average Bonchev–Trinajstić information content (AvgIpc) is 2.79. The number of pyridine rings is 1.